The number of rotatable bonds is 13. The summed E-state index contributed by atoms with van der Waals surface area (Å²) in [4.78, 5) is 2.69. The minimum atomic E-state index is 0.191. The molecule has 0 amide bonds. The van der Waals surface area contributed by atoms with Gasteiger partial charge in [-0.1, -0.05) is 59.3 Å². The number of hydrogen-bond acceptors (Lipinski definition) is 2. The predicted octanol–water partition coefficient (Wildman–Crippen LogP) is 4.96. The van der Waals surface area contributed by atoms with E-state index in [1.165, 1.54) is 64.3 Å². The lowest BCUT2D eigenvalue weighted by Gasteiger charge is -2.44. The van der Waals surface area contributed by atoms with Crippen molar-refractivity contribution in [1.29, 1.82) is 0 Å². The zero-order valence-electron chi connectivity index (χ0n) is 14.9. The third-order valence-corrected chi connectivity index (χ3v) is 4.83. The quantitative estimate of drug-likeness (QED) is 0.484. The van der Waals surface area contributed by atoms with Crippen LogP contribution in [0.1, 0.15) is 92.4 Å². The molecule has 0 saturated heterocycles. The highest BCUT2D eigenvalue weighted by Gasteiger charge is 2.32. The second-order valence-electron chi connectivity index (χ2n) is 6.67. The molecule has 2 heteroatoms. The van der Waals surface area contributed by atoms with Gasteiger partial charge in [0.05, 0.1) is 0 Å². The fourth-order valence-corrected chi connectivity index (χ4v) is 3.04. The van der Waals surface area contributed by atoms with Crippen LogP contribution >= 0.6 is 0 Å². The summed E-state index contributed by atoms with van der Waals surface area (Å²) in [6.07, 6.45) is 11.8. The van der Waals surface area contributed by atoms with Crippen molar-refractivity contribution >= 4 is 0 Å². The zero-order chi connectivity index (χ0) is 15.4. The highest BCUT2D eigenvalue weighted by molar-refractivity contribution is 4.89. The van der Waals surface area contributed by atoms with Crippen LogP contribution in [0.3, 0.4) is 0 Å². The normalized spacial score (nSPS) is 16.4. The standard InChI is InChI=1S/C18H40N2/c1-6-9-11-12-13-14-18(5,16-19)20(15-10-7-2)17(4)8-3/h17H,6-16,19H2,1-5H3. The van der Waals surface area contributed by atoms with Gasteiger partial charge in [-0.25, -0.2) is 0 Å². The Balaban J connectivity index is 4.49. The zero-order valence-corrected chi connectivity index (χ0v) is 14.9. The van der Waals surface area contributed by atoms with E-state index in [1.54, 1.807) is 0 Å². The summed E-state index contributed by atoms with van der Waals surface area (Å²) in [5.41, 5.74) is 6.36. The molecule has 0 aliphatic rings. The first-order valence-corrected chi connectivity index (χ1v) is 9.02. The Bertz CT molecular complexity index is 217. The van der Waals surface area contributed by atoms with Crippen molar-refractivity contribution < 1.29 is 0 Å². The van der Waals surface area contributed by atoms with Crippen molar-refractivity contribution in [2.24, 2.45) is 5.73 Å². The molecule has 0 aliphatic heterocycles. The molecule has 0 fully saturated rings. The molecule has 0 bridgehead atoms. The van der Waals surface area contributed by atoms with Crippen molar-refractivity contribution in [1.82, 2.24) is 4.90 Å². The first-order chi connectivity index (χ1) is 9.55. The summed E-state index contributed by atoms with van der Waals surface area (Å²) in [5, 5.41) is 0. The van der Waals surface area contributed by atoms with Crippen LogP contribution in [0.4, 0.5) is 0 Å². The SMILES string of the molecule is CCCCCCCC(C)(CN)N(CCCC)C(C)CC. The van der Waals surface area contributed by atoms with Crippen LogP contribution in [0.15, 0.2) is 0 Å². The van der Waals surface area contributed by atoms with Crippen LogP contribution in [0.2, 0.25) is 0 Å². The largest absolute Gasteiger partial charge is 0.329 e. The second kappa shape index (κ2) is 11.6. The molecule has 122 valence electrons. The lowest BCUT2D eigenvalue weighted by atomic mass is 9.89. The van der Waals surface area contributed by atoms with E-state index in [9.17, 15) is 0 Å². The van der Waals surface area contributed by atoms with E-state index in [0.29, 0.717) is 6.04 Å². The molecular formula is C18H40N2. The summed E-state index contributed by atoms with van der Waals surface area (Å²) in [5.74, 6) is 0. The maximum Gasteiger partial charge on any atom is 0.0306 e. The van der Waals surface area contributed by atoms with E-state index in [2.05, 4.69) is 39.5 Å². The van der Waals surface area contributed by atoms with E-state index in [0.717, 1.165) is 6.54 Å². The third-order valence-electron chi connectivity index (χ3n) is 4.83. The Morgan fingerprint density at radius 3 is 2.05 bits per heavy atom. The highest BCUT2D eigenvalue weighted by atomic mass is 15.2. The lowest BCUT2D eigenvalue weighted by Crippen LogP contribution is -2.55. The van der Waals surface area contributed by atoms with Crippen molar-refractivity contribution in [3.8, 4) is 0 Å². The minimum absolute atomic E-state index is 0.191. The molecule has 20 heavy (non-hydrogen) atoms. The summed E-state index contributed by atoms with van der Waals surface area (Å²) in [7, 11) is 0. The summed E-state index contributed by atoms with van der Waals surface area (Å²) in [6.45, 7) is 13.6. The average molecular weight is 285 g/mol. The van der Waals surface area contributed by atoms with Crippen LogP contribution in [0.25, 0.3) is 0 Å². The van der Waals surface area contributed by atoms with Crippen molar-refractivity contribution in [2.75, 3.05) is 13.1 Å². The molecular weight excluding hydrogens is 244 g/mol. The van der Waals surface area contributed by atoms with Gasteiger partial charge in [-0.3, -0.25) is 4.90 Å². The molecule has 0 aromatic carbocycles. The van der Waals surface area contributed by atoms with Gasteiger partial charge in [0, 0.05) is 18.1 Å². The molecule has 0 radical (unpaired) electrons. The van der Waals surface area contributed by atoms with Gasteiger partial charge in [-0.15, -0.1) is 0 Å². The molecule has 0 aliphatic carbocycles. The fourth-order valence-electron chi connectivity index (χ4n) is 3.04. The first kappa shape index (κ1) is 19.9. The highest BCUT2D eigenvalue weighted by Crippen LogP contribution is 2.26. The third kappa shape index (κ3) is 7.08. The molecule has 2 nitrogen and oxygen atoms in total. The summed E-state index contributed by atoms with van der Waals surface area (Å²) in [6, 6.07) is 0.644. The van der Waals surface area contributed by atoms with E-state index in [-0.39, 0.29) is 5.54 Å². The average Bonchev–Trinajstić information content (AvgIpc) is 2.47. The van der Waals surface area contributed by atoms with Crippen LogP contribution in [0, 0.1) is 0 Å². The smallest absolute Gasteiger partial charge is 0.0306 e. The second-order valence-corrected chi connectivity index (χ2v) is 6.67. The van der Waals surface area contributed by atoms with Crippen molar-refractivity contribution in [2.45, 2.75) is 104 Å². The lowest BCUT2D eigenvalue weighted by molar-refractivity contribution is 0.0554. The maximum absolute atomic E-state index is 6.17. The van der Waals surface area contributed by atoms with Crippen LogP contribution in [-0.4, -0.2) is 29.6 Å². The Morgan fingerprint density at radius 1 is 0.950 bits per heavy atom. The van der Waals surface area contributed by atoms with Crippen molar-refractivity contribution in [3.05, 3.63) is 0 Å². The van der Waals surface area contributed by atoms with E-state index >= 15 is 0 Å². The predicted molar refractivity (Wildman–Crippen MR) is 92.2 cm³/mol. The van der Waals surface area contributed by atoms with Gasteiger partial charge in [0.2, 0.25) is 0 Å². The Hall–Kier alpha value is -0.0800. The molecule has 0 saturated carbocycles. The molecule has 0 aromatic heterocycles. The van der Waals surface area contributed by atoms with Gasteiger partial charge in [0.25, 0.3) is 0 Å². The number of nitrogens with two attached hydrogens (primary N) is 1. The summed E-state index contributed by atoms with van der Waals surface area (Å²) < 4.78 is 0. The monoisotopic (exact) mass is 284 g/mol. The van der Waals surface area contributed by atoms with E-state index in [4.69, 9.17) is 5.73 Å². The number of hydrogen-bond donors (Lipinski definition) is 1. The Labute approximate surface area is 128 Å². The van der Waals surface area contributed by atoms with E-state index in [1.807, 2.05) is 0 Å². The Morgan fingerprint density at radius 2 is 1.55 bits per heavy atom. The van der Waals surface area contributed by atoms with Crippen LogP contribution in [-0.2, 0) is 0 Å². The molecule has 0 aromatic rings. The summed E-state index contributed by atoms with van der Waals surface area (Å²) >= 11 is 0. The van der Waals surface area contributed by atoms with E-state index < -0.39 is 0 Å². The molecule has 2 atom stereocenters. The van der Waals surface area contributed by atoms with Gasteiger partial charge in [0.15, 0.2) is 0 Å². The van der Waals surface area contributed by atoms with Gasteiger partial charge in [-0.05, 0) is 39.7 Å². The van der Waals surface area contributed by atoms with Crippen molar-refractivity contribution in [3.63, 3.8) is 0 Å². The number of nitrogens with zero attached hydrogens (tertiary/aromatic N) is 1. The van der Waals surface area contributed by atoms with Crippen LogP contribution < -0.4 is 5.73 Å². The molecule has 0 rings (SSSR count). The molecule has 0 heterocycles. The van der Waals surface area contributed by atoms with Gasteiger partial charge >= 0.3 is 0 Å². The van der Waals surface area contributed by atoms with Gasteiger partial charge in [-0.2, -0.15) is 0 Å². The molecule has 0 spiro atoms. The fraction of sp³-hybridized carbons (Fsp3) is 1.00. The Kier molecular flexibility index (Phi) is 11.5. The van der Waals surface area contributed by atoms with Crippen LogP contribution in [0.5, 0.6) is 0 Å². The minimum Gasteiger partial charge on any atom is -0.329 e. The topological polar surface area (TPSA) is 29.3 Å². The molecule has 2 N–H and O–H groups in total. The van der Waals surface area contributed by atoms with Gasteiger partial charge in [0.1, 0.15) is 0 Å². The number of unbranched alkanes of at least 4 members (excludes halogenated alkanes) is 5. The first-order valence-electron chi connectivity index (χ1n) is 9.02. The molecule has 2 unspecified atom stereocenters. The van der Waals surface area contributed by atoms with Gasteiger partial charge < -0.3 is 5.73 Å². The maximum atomic E-state index is 6.17.